The molecule has 0 atom stereocenters. The Morgan fingerprint density at radius 3 is 2.63 bits per heavy atom. The molecule has 0 saturated carbocycles. The SMILES string of the molecule is CNC(=O)CCc1cccc2c(C)cc(-c3cc(-c4cncnc4)ccc3O)nc12. The van der Waals surface area contributed by atoms with Gasteiger partial charge in [-0.3, -0.25) is 4.79 Å². The number of amides is 1. The number of phenols is 1. The lowest BCUT2D eigenvalue weighted by molar-refractivity contribution is -0.120. The van der Waals surface area contributed by atoms with Crippen molar-refractivity contribution in [1.29, 1.82) is 0 Å². The molecule has 0 aliphatic heterocycles. The van der Waals surface area contributed by atoms with Gasteiger partial charge in [0, 0.05) is 42.4 Å². The third kappa shape index (κ3) is 3.85. The van der Waals surface area contributed by atoms with Crippen LogP contribution in [0.4, 0.5) is 0 Å². The maximum Gasteiger partial charge on any atom is 0.220 e. The van der Waals surface area contributed by atoms with E-state index in [4.69, 9.17) is 4.98 Å². The van der Waals surface area contributed by atoms with Gasteiger partial charge in [0.25, 0.3) is 0 Å². The highest BCUT2D eigenvalue weighted by molar-refractivity contribution is 5.89. The van der Waals surface area contributed by atoms with E-state index in [2.05, 4.69) is 15.3 Å². The lowest BCUT2D eigenvalue weighted by atomic mass is 9.98. The largest absolute Gasteiger partial charge is 0.507 e. The molecule has 0 radical (unpaired) electrons. The number of carbonyl (C=O) groups excluding carboxylic acids is 1. The molecule has 2 aromatic heterocycles. The average Bonchev–Trinajstić information content (AvgIpc) is 2.78. The molecule has 4 aromatic rings. The molecule has 6 nitrogen and oxygen atoms in total. The maximum atomic E-state index is 11.7. The number of nitrogens with one attached hydrogen (secondary N) is 1. The van der Waals surface area contributed by atoms with Crippen molar-refractivity contribution in [2.75, 3.05) is 7.05 Å². The molecule has 2 heterocycles. The molecule has 4 rings (SSSR count). The summed E-state index contributed by atoms with van der Waals surface area (Å²) in [5.41, 5.74) is 6.01. The summed E-state index contributed by atoms with van der Waals surface area (Å²) in [5, 5.41) is 14.3. The first-order valence-electron chi connectivity index (χ1n) is 9.75. The number of benzene rings is 2. The van der Waals surface area contributed by atoms with Crippen LogP contribution in [0.3, 0.4) is 0 Å². The van der Waals surface area contributed by atoms with Crippen molar-refractivity contribution in [3.63, 3.8) is 0 Å². The first-order valence-corrected chi connectivity index (χ1v) is 9.75. The number of hydrogen-bond acceptors (Lipinski definition) is 5. The van der Waals surface area contributed by atoms with Crippen molar-refractivity contribution in [3.8, 4) is 28.1 Å². The second kappa shape index (κ2) is 8.29. The lowest BCUT2D eigenvalue weighted by Gasteiger charge is -2.12. The van der Waals surface area contributed by atoms with Gasteiger partial charge in [-0.1, -0.05) is 24.3 Å². The standard InChI is InChI=1S/C24H22N4O2/c1-15-10-21(20-11-17(6-8-22(20)29)18-12-26-14-27-13-18)28-24-16(4-3-5-19(15)24)7-9-23(30)25-2/h3-6,8,10-14,29H,7,9H2,1-2H3,(H,25,30). The smallest absolute Gasteiger partial charge is 0.220 e. The normalized spacial score (nSPS) is 10.9. The third-order valence-corrected chi connectivity index (χ3v) is 5.20. The van der Waals surface area contributed by atoms with E-state index in [0.717, 1.165) is 33.2 Å². The molecule has 30 heavy (non-hydrogen) atoms. The molecular formula is C24H22N4O2. The van der Waals surface area contributed by atoms with Crippen LogP contribution in [0, 0.1) is 6.92 Å². The van der Waals surface area contributed by atoms with Crippen molar-refractivity contribution in [1.82, 2.24) is 20.3 Å². The van der Waals surface area contributed by atoms with Crippen LogP contribution in [0.2, 0.25) is 0 Å². The molecule has 0 aliphatic carbocycles. The van der Waals surface area contributed by atoms with E-state index in [1.165, 1.54) is 6.33 Å². The molecule has 0 fully saturated rings. The average molecular weight is 398 g/mol. The monoisotopic (exact) mass is 398 g/mol. The van der Waals surface area contributed by atoms with Crippen LogP contribution in [-0.2, 0) is 11.2 Å². The number of hydrogen-bond donors (Lipinski definition) is 2. The van der Waals surface area contributed by atoms with Gasteiger partial charge in [-0.05, 0) is 48.2 Å². The first kappa shape index (κ1) is 19.5. The minimum atomic E-state index is -0.00435. The summed E-state index contributed by atoms with van der Waals surface area (Å²) < 4.78 is 0. The highest BCUT2D eigenvalue weighted by atomic mass is 16.3. The van der Waals surface area contributed by atoms with Gasteiger partial charge in [-0.15, -0.1) is 0 Å². The number of nitrogens with zero attached hydrogens (tertiary/aromatic N) is 3. The predicted molar refractivity (Wildman–Crippen MR) is 117 cm³/mol. The third-order valence-electron chi connectivity index (χ3n) is 5.20. The summed E-state index contributed by atoms with van der Waals surface area (Å²) in [6.07, 6.45) is 5.95. The van der Waals surface area contributed by atoms with E-state index in [9.17, 15) is 9.90 Å². The molecule has 0 aliphatic rings. The van der Waals surface area contributed by atoms with Gasteiger partial charge in [-0.25, -0.2) is 15.0 Å². The van der Waals surface area contributed by atoms with Gasteiger partial charge in [0.05, 0.1) is 11.2 Å². The van der Waals surface area contributed by atoms with E-state index >= 15 is 0 Å². The van der Waals surface area contributed by atoms with Crippen LogP contribution >= 0.6 is 0 Å². The van der Waals surface area contributed by atoms with Gasteiger partial charge in [0.1, 0.15) is 12.1 Å². The number of rotatable bonds is 5. The molecule has 6 heteroatoms. The Labute approximate surface area is 174 Å². The minimum absolute atomic E-state index is 0.00435. The number of para-hydroxylation sites is 1. The minimum Gasteiger partial charge on any atom is -0.507 e. The second-order valence-corrected chi connectivity index (χ2v) is 7.17. The quantitative estimate of drug-likeness (QED) is 0.529. The lowest BCUT2D eigenvalue weighted by Crippen LogP contribution is -2.18. The summed E-state index contributed by atoms with van der Waals surface area (Å²) in [6, 6.07) is 13.4. The molecule has 0 saturated heterocycles. The second-order valence-electron chi connectivity index (χ2n) is 7.17. The van der Waals surface area contributed by atoms with Crippen molar-refractivity contribution >= 4 is 16.8 Å². The van der Waals surface area contributed by atoms with Gasteiger partial charge >= 0.3 is 0 Å². The number of pyridine rings is 1. The fraction of sp³-hybridized carbons (Fsp3) is 0.167. The number of fused-ring (bicyclic) bond motifs is 1. The van der Waals surface area contributed by atoms with E-state index in [0.29, 0.717) is 24.1 Å². The number of carbonyl (C=O) groups is 1. The van der Waals surface area contributed by atoms with E-state index in [-0.39, 0.29) is 11.7 Å². The van der Waals surface area contributed by atoms with Crippen LogP contribution in [0.1, 0.15) is 17.5 Å². The summed E-state index contributed by atoms with van der Waals surface area (Å²) in [5.74, 6) is 0.153. The van der Waals surface area contributed by atoms with Crippen LogP contribution in [0.15, 0.2) is 61.2 Å². The molecule has 0 bridgehead atoms. The molecule has 1 amide bonds. The zero-order valence-electron chi connectivity index (χ0n) is 16.9. The summed E-state index contributed by atoms with van der Waals surface area (Å²) in [7, 11) is 1.64. The Balaban J connectivity index is 1.82. The summed E-state index contributed by atoms with van der Waals surface area (Å²) in [6.45, 7) is 2.03. The summed E-state index contributed by atoms with van der Waals surface area (Å²) >= 11 is 0. The number of phenolic OH excluding ortho intramolecular Hbond substituents is 1. The summed E-state index contributed by atoms with van der Waals surface area (Å²) in [4.78, 5) is 24.7. The van der Waals surface area contributed by atoms with Crippen molar-refractivity contribution < 1.29 is 9.90 Å². The topological polar surface area (TPSA) is 88.0 Å². The Kier molecular flexibility index (Phi) is 5.39. The zero-order valence-corrected chi connectivity index (χ0v) is 16.9. The van der Waals surface area contributed by atoms with Gasteiger partial charge in [-0.2, -0.15) is 0 Å². The Hall–Kier alpha value is -3.80. The Morgan fingerprint density at radius 2 is 1.87 bits per heavy atom. The van der Waals surface area contributed by atoms with Gasteiger partial charge in [0.15, 0.2) is 0 Å². The predicted octanol–water partition coefficient (Wildman–Crippen LogP) is 4.05. The highest BCUT2D eigenvalue weighted by Crippen LogP contribution is 2.34. The Morgan fingerprint density at radius 1 is 1.07 bits per heavy atom. The zero-order chi connectivity index (χ0) is 21.1. The van der Waals surface area contributed by atoms with Crippen LogP contribution < -0.4 is 5.32 Å². The number of aryl methyl sites for hydroxylation is 2. The van der Waals surface area contributed by atoms with Crippen molar-refractivity contribution in [3.05, 3.63) is 72.3 Å². The molecule has 2 N–H and O–H groups in total. The van der Waals surface area contributed by atoms with Crippen LogP contribution in [0.25, 0.3) is 33.3 Å². The fourth-order valence-corrected chi connectivity index (χ4v) is 3.56. The highest BCUT2D eigenvalue weighted by Gasteiger charge is 2.13. The maximum absolute atomic E-state index is 11.7. The Bertz CT molecular complexity index is 1220. The van der Waals surface area contributed by atoms with Gasteiger partial charge in [0.2, 0.25) is 5.91 Å². The van der Waals surface area contributed by atoms with E-state index < -0.39 is 0 Å². The van der Waals surface area contributed by atoms with Crippen LogP contribution in [0.5, 0.6) is 5.75 Å². The van der Waals surface area contributed by atoms with E-state index in [1.54, 1.807) is 25.5 Å². The van der Waals surface area contributed by atoms with Crippen LogP contribution in [-0.4, -0.2) is 33.0 Å². The van der Waals surface area contributed by atoms with Gasteiger partial charge < -0.3 is 10.4 Å². The number of aromatic nitrogens is 3. The molecule has 0 spiro atoms. The first-order chi connectivity index (χ1) is 14.6. The molecule has 0 unspecified atom stereocenters. The molecule has 2 aromatic carbocycles. The fourth-order valence-electron chi connectivity index (χ4n) is 3.56. The molecule has 150 valence electrons. The van der Waals surface area contributed by atoms with E-state index in [1.807, 2.05) is 43.3 Å². The molecular weight excluding hydrogens is 376 g/mol. The number of aromatic hydroxyl groups is 1. The van der Waals surface area contributed by atoms with Crippen molar-refractivity contribution in [2.24, 2.45) is 0 Å². The van der Waals surface area contributed by atoms with Crippen molar-refractivity contribution in [2.45, 2.75) is 19.8 Å².